The molecule has 0 saturated carbocycles. The SMILES string of the molecule is CC(C)c1ccc(NC(=O)c2coc(NC(=O)c3cccs3)n2)cc1. The topological polar surface area (TPSA) is 84.2 Å². The van der Waals surface area contributed by atoms with Gasteiger partial charge in [-0.15, -0.1) is 11.3 Å². The van der Waals surface area contributed by atoms with Crippen molar-refractivity contribution >= 4 is 34.9 Å². The van der Waals surface area contributed by atoms with Crippen LogP contribution in [-0.2, 0) is 0 Å². The molecule has 6 nitrogen and oxygen atoms in total. The molecule has 2 amide bonds. The fourth-order valence-electron chi connectivity index (χ4n) is 2.15. The molecule has 2 aromatic heterocycles. The third kappa shape index (κ3) is 4.13. The highest BCUT2D eigenvalue weighted by Gasteiger charge is 2.15. The highest BCUT2D eigenvalue weighted by molar-refractivity contribution is 7.12. The van der Waals surface area contributed by atoms with Crippen molar-refractivity contribution in [3.05, 3.63) is 64.2 Å². The van der Waals surface area contributed by atoms with Gasteiger partial charge in [-0.25, -0.2) is 0 Å². The second-order valence-electron chi connectivity index (χ2n) is 5.70. The van der Waals surface area contributed by atoms with E-state index in [1.807, 2.05) is 24.3 Å². The van der Waals surface area contributed by atoms with E-state index in [0.29, 0.717) is 16.5 Å². The predicted molar refractivity (Wildman–Crippen MR) is 97.3 cm³/mol. The van der Waals surface area contributed by atoms with Gasteiger partial charge in [-0.2, -0.15) is 4.98 Å². The monoisotopic (exact) mass is 355 g/mol. The van der Waals surface area contributed by atoms with Gasteiger partial charge in [0.25, 0.3) is 11.8 Å². The molecule has 0 atom stereocenters. The molecule has 7 heteroatoms. The first kappa shape index (κ1) is 16.9. The molecule has 3 rings (SSSR count). The summed E-state index contributed by atoms with van der Waals surface area (Å²) in [5, 5.41) is 7.06. The average Bonchev–Trinajstić information content (AvgIpc) is 3.27. The molecule has 2 N–H and O–H groups in total. The van der Waals surface area contributed by atoms with Crippen molar-refractivity contribution in [2.75, 3.05) is 10.6 Å². The molecule has 0 aliphatic rings. The average molecular weight is 355 g/mol. The van der Waals surface area contributed by atoms with Crippen LogP contribution in [0.1, 0.15) is 45.5 Å². The third-order valence-electron chi connectivity index (χ3n) is 3.54. The summed E-state index contributed by atoms with van der Waals surface area (Å²) in [4.78, 5) is 28.7. The maximum absolute atomic E-state index is 12.2. The molecule has 0 aliphatic carbocycles. The Hall–Kier alpha value is -2.93. The van der Waals surface area contributed by atoms with E-state index in [0.717, 1.165) is 0 Å². The maximum atomic E-state index is 12.2. The normalized spacial score (nSPS) is 10.7. The highest BCUT2D eigenvalue weighted by Crippen LogP contribution is 2.18. The molecule has 0 saturated heterocycles. The van der Waals surface area contributed by atoms with Crippen LogP contribution in [0.25, 0.3) is 0 Å². The van der Waals surface area contributed by atoms with Gasteiger partial charge in [0.05, 0.1) is 4.88 Å². The van der Waals surface area contributed by atoms with Gasteiger partial charge in [0.1, 0.15) is 6.26 Å². The molecule has 0 aliphatic heterocycles. The Kier molecular flexibility index (Phi) is 4.95. The summed E-state index contributed by atoms with van der Waals surface area (Å²) in [6.45, 7) is 4.21. The lowest BCUT2D eigenvalue weighted by Gasteiger charge is -2.07. The van der Waals surface area contributed by atoms with Gasteiger partial charge >= 0.3 is 6.01 Å². The number of rotatable bonds is 5. The Morgan fingerprint density at radius 1 is 1.08 bits per heavy atom. The van der Waals surface area contributed by atoms with Crippen molar-refractivity contribution in [2.45, 2.75) is 19.8 Å². The summed E-state index contributed by atoms with van der Waals surface area (Å²) in [6, 6.07) is 11.1. The minimum absolute atomic E-state index is 0.0151. The number of nitrogens with one attached hydrogen (secondary N) is 2. The zero-order valence-electron chi connectivity index (χ0n) is 13.8. The molecular weight excluding hydrogens is 338 g/mol. The van der Waals surface area contributed by atoms with Gasteiger partial charge in [0, 0.05) is 5.69 Å². The third-order valence-corrected chi connectivity index (χ3v) is 4.41. The Morgan fingerprint density at radius 3 is 2.48 bits per heavy atom. The van der Waals surface area contributed by atoms with Gasteiger partial charge in [0.15, 0.2) is 5.69 Å². The number of carbonyl (C=O) groups excluding carboxylic acids is 2. The molecular formula is C18H17N3O3S. The lowest BCUT2D eigenvalue weighted by Crippen LogP contribution is -2.13. The number of aromatic nitrogens is 1. The Bertz CT molecular complexity index is 867. The smallest absolute Gasteiger partial charge is 0.302 e. The minimum atomic E-state index is -0.405. The van der Waals surface area contributed by atoms with Crippen LogP contribution in [0.3, 0.4) is 0 Å². The van der Waals surface area contributed by atoms with Crippen LogP contribution in [0.5, 0.6) is 0 Å². The van der Waals surface area contributed by atoms with E-state index in [1.165, 1.54) is 23.2 Å². The van der Waals surface area contributed by atoms with Crippen LogP contribution in [0.15, 0.2) is 52.5 Å². The van der Waals surface area contributed by atoms with E-state index in [1.54, 1.807) is 17.5 Å². The van der Waals surface area contributed by atoms with Gasteiger partial charge in [-0.1, -0.05) is 32.0 Å². The van der Waals surface area contributed by atoms with Gasteiger partial charge < -0.3 is 9.73 Å². The molecule has 0 radical (unpaired) electrons. The van der Waals surface area contributed by atoms with Crippen molar-refractivity contribution in [3.63, 3.8) is 0 Å². The first-order valence-corrected chi connectivity index (χ1v) is 8.62. The molecule has 0 unspecified atom stereocenters. The van der Waals surface area contributed by atoms with Crippen molar-refractivity contribution in [3.8, 4) is 0 Å². The number of hydrogen-bond acceptors (Lipinski definition) is 5. The number of carbonyl (C=O) groups is 2. The molecule has 0 spiro atoms. The van der Waals surface area contributed by atoms with Crippen molar-refractivity contribution < 1.29 is 14.0 Å². The van der Waals surface area contributed by atoms with E-state index in [9.17, 15) is 9.59 Å². The van der Waals surface area contributed by atoms with Crippen LogP contribution in [0.4, 0.5) is 11.7 Å². The van der Waals surface area contributed by atoms with E-state index in [2.05, 4.69) is 29.5 Å². The molecule has 0 fully saturated rings. The largest absolute Gasteiger partial charge is 0.431 e. The van der Waals surface area contributed by atoms with Gasteiger partial charge in [-0.05, 0) is 35.1 Å². The molecule has 25 heavy (non-hydrogen) atoms. The molecule has 128 valence electrons. The van der Waals surface area contributed by atoms with Crippen LogP contribution in [-0.4, -0.2) is 16.8 Å². The van der Waals surface area contributed by atoms with Crippen molar-refractivity contribution in [2.24, 2.45) is 0 Å². The van der Waals surface area contributed by atoms with Crippen molar-refractivity contribution in [1.82, 2.24) is 4.98 Å². The van der Waals surface area contributed by atoms with E-state index >= 15 is 0 Å². The fraction of sp³-hybridized carbons (Fsp3) is 0.167. The number of oxazole rings is 1. The van der Waals surface area contributed by atoms with Gasteiger partial charge in [-0.3, -0.25) is 14.9 Å². The number of nitrogens with zero attached hydrogens (tertiary/aromatic N) is 1. The second-order valence-corrected chi connectivity index (χ2v) is 6.65. The Morgan fingerprint density at radius 2 is 1.84 bits per heavy atom. The van der Waals surface area contributed by atoms with Crippen LogP contribution in [0.2, 0.25) is 0 Å². The summed E-state index contributed by atoms with van der Waals surface area (Å²) < 4.78 is 5.14. The predicted octanol–water partition coefficient (Wildman–Crippen LogP) is 4.36. The summed E-state index contributed by atoms with van der Waals surface area (Å²) in [7, 11) is 0. The lowest BCUT2D eigenvalue weighted by molar-refractivity contribution is 0.101. The highest BCUT2D eigenvalue weighted by atomic mass is 32.1. The number of thiophene rings is 1. The first-order valence-electron chi connectivity index (χ1n) is 7.74. The standard InChI is InChI=1S/C18H17N3O3S/c1-11(2)12-5-7-13(8-6-12)19-16(22)14-10-24-18(20-14)21-17(23)15-4-3-9-25-15/h3-11H,1-2H3,(H,19,22)(H,20,21,23). The first-order chi connectivity index (χ1) is 12.0. The molecule has 2 heterocycles. The summed E-state index contributed by atoms with van der Waals surface area (Å²) in [5.74, 6) is -0.305. The van der Waals surface area contributed by atoms with Crippen LogP contribution < -0.4 is 10.6 Å². The minimum Gasteiger partial charge on any atom is -0.431 e. The summed E-state index contributed by atoms with van der Waals surface area (Å²) >= 11 is 1.31. The van der Waals surface area contributed by atoms with E-state index in [-0.39, 0.29) is 17.6 Å². The molecule has 3 aromatic rings. The molecule has 1 aromatic carbocycles. The Balaban J connectivity index is 1.63. The zero-order chi connectivity index (χ0) is 17.8. The zero-order valence-corrected chi connectivity index (χ0v) is 14.6. The number of amides is 2. The van der Waals surface area contributed by atoms with E-state index < -0.39 is 5.91 Å². The summed E-state index contributed by atoms with van der Waals surface area (Å²) in [5.41, 5.74) is 1.95. The maximum Gasteiger partial charge on any atom is 0.302 e. The lowest BCUT2D eigenvalue weighted by atomic mass is 10.0. The second kappa shape index (κ2) is 7.31. The van der Waals surface area contributed by atoms with Gasteiger partial charge in [0.2, 0.25) is 0 Å². The fourth-order valence-corrected chi connectivity index (χ4v) is 2.77. The number of anilines is 2. The summed E-state index contributed by atoms with van der Waals surface area (Å²) in [6.07, 6.45) is 1.21. The van der Waals surface area contributed by atoms with Crippen LogP contribution >= 0.6 is 11.3 Å². The quantitative estimate of drug-likeness (QED) is 0.712. The van der Waals surface area contributed by atoms with Crippen molar-refractivity contribution in [1.29, 1.82) is 0 Å². The molecule has 0 bridgehead atoms. The van der Waals surface area contributed by atoms with Crippen LogP contribution in [0, 0.1) is 0 Å². The Labute approximate surface area is 148 Å². The number of benzene rings is 1. The number of hydrogen-bond donors (Lipinski definition) is 2. The van der Waals surface area contributed by atoms with E-state index in [4.69, 9.17) is 4.42 Å².